The molecular weight excluding hydrogens is 512 g/mol. The van der Waals surface area contributed by atoms with E-state index in [1.54, 1.807) is 47.6 Å². The molecule has 2 aromatic carbocycles. The largest absolute Gasteiger partial charge is 0.486 e. The molecule has 2 aliphatic heterocycles. The van der Waals surface area contributed by atoms with Gasteiger partial charge in [0, 0.05) is 43.5 Å². The Kier molecular flexibility index (Phi) is 8.18. The van der Waals surface area contributed by atoms with Crippen molar-refractivity contribution in [2.45, 2.75) is 32.5 Å². The summed E-state index contributed by atoms with van der Waals surface area (Å²) in [5.74, 6) is 1.13. The SMILES string of the molecule is C[C@@H]1CN([C@H](C)CO)C(=O)c2cccc(NC(=O)c3ccncc3)c2O[C@H]1CN(C)Cc1ccc2c(c1)OCO2. The number of nitrogens with zero attached hydrogens (tertiary/aromatic N) is 3. The minimum atomic E-state index is -0.386. The first kappa shape index (κ1) is 27.4. The number of aliphatic hydroxyl groups excluding tert-OH is 1. The second kappa shape index (κ2) is 11.9. The van der Waals surface area contributed by atoms with E-state index in [9.17, 15) is 14.7 Å². The number of hydrogen-bond acceptors (Lipinski definition) is 8. The van der Waals surface area contributed by atoms with Gasteiger partial charge in [-0.05, 0) is 55.9 Å². The molecular formula is C30H34N4O6. The zero-order valence-corrected chi connectivity index (χ0v) is 22.9. The van der Waals surface area contributed by atoms with Gasteiger partial charge in [-0.25, -0.2) is 0 Å². The van der Waals surface area contributed by atoms with E-state index in [1.807, 2.05) is 39.1 Å². The van der Waals surface area contributed by atoms with Crippen molar-refractivity contribution in [1.29, 1.82) is 0 Å². The van der Waals surface area contributed by atoms with Gasteiger partial charge in [0.15, 0.2) is 17.2 Å². The molecule has 3 aromatic rings. The van der Waals surface area contributed by atoms with Gasteiger partial charge in [0.2, 0.25) is 6.79 Å². The number of anilines is 1. The number of likely N-dealkylation sites (N-methyl/N-ethyl adjacent to an activating group) is 1. The number of carbonyl (C=O) groups excluding carboxylic acids is 2. The minimum absolute atomic E-state index is 0.0748. The number of amides is 2. The van der Waals surface area contributed by atoms with Crippen LogP contribution in [0.25, 0.3) is 0 Å². The molecule has 10 nitrogen and oxygen atoms in total. The maximum absolute atomic E-state index is 13.7. The second-order valence-corrected chi connectivity index (χ2v) is 10.4. The highest BCUT2D eigenvalue weighted by molar-refractivity contribution is 6.07. The number of aromatic nitrogens is 1. The van der Waals surface area contributed by atoms with Gasteiger partial charge in [-0.3, -0.25) is 19.5 Å². The Hall–Kier alpha value is -4.15. The molecule has 2 amide bonds. The lowest BCUT2D eigenvalue weighted by molar-refractivity contribution is 0.0343. The third-order valence-electron chi connectivity index (χ3n) is 7.26. The van der Waals surface area contributed by atoms with Gasteiger partial charge in [-0.2, -0.15) is 0 Å². The Balaban J connectivity index is 1.43. The summed E-state index contributed by atoms with van der Waals surface area (Å²) >= 11 is 0. The Labute approximate surface area is 233 Å². The predicted molar refractivity (Wildman–Crippen MR) is 149 cm³/mol. The van der Waals surface area contributed by atoms with Crippen LogP contribution in [0.2, 0.25) is 0 Å². The lowest BCUT2D eigenvalue weighted by atomic mass is 9.98. The first-order valence-electron chi connectivity index (χ1n) is 13.3. The van der Waals surface area contributed by atoms with Crippen molar-refractivity contribution >= 4 is 17.5 Å². The van der Waals surface area contributed by atoms with E-state index >= 15 is 0 Å². The average molecular weight is 547 g/mol. The number of hydrogen-bond donors (Lipinski definition) is 2. The van der Waals surface area contributed by atoms with E-state index in [0.717, 1.165) is 17.1 Å². The number of aliphatic hydroxyl groups is 1. The van der Waals surface area contributed by atoms with Crippen LogP contribution in [0, 0.1) is 5.92 Å². The second-order valence-electron chi connectivity index (χ2n) is 10.4. The highest BCUT2D eigenvalue weighted by atomic mass is 16.7. The maximum atomic E-state index is 13.7. The summed E-state index contributed by atoms with van der Waals surface area (Å²) in [7, 11) is 2.01. The van der Waals surface area contributed by atoms with Crippen molar-refractivity contribution < 1.29 is 28.9 Å². The van der Waals surface area contributed by atoms with Crippen LogP contribution in [0.1, 0.15) is 40.1 Å². The van der Waals surface area contributed by atoms with Gasteiger partial charge in [0.1, 0.15) is 6.10 Å². The number of pyridine rings is 1. The summed E-state index contributed by atoms with van der Waals surface area (Å²) in [6.07, 6.45) is 2.78. The van der Waals surface area contributed by atoms with Crippen LogP contribution >= 0.6 is 0 Å². The fourth-order valence-corrected chi connectivity index (χ4v) is 4.98. The average Bonchev–Trinajstić information content (AvgIpc) is 3.43. The normalized spacial score (nSPS) is 18.9. The number of rotatable bonds is 8. The fraction of sp³-hybridized carbons (Fsp3) is 0.367. The van der Waals surface area contributed by atoms with Crippen LogP contribution in [0.15, 0.2) is 60.9 Å². The molecule has 0 radical (unpaired) electrons. The molecule has 5 rings (SSSR count). The summed E-state index contributed by atoms with van der Waals surface area (Å²) < 4.78 is 17.6. The van der Waals surface area contributed by atoms with E-state index in [0.29, 0.717) is 42.2 Å². The third kappa shape index (κ3) is 5.88. The number of para-hydroxylation sites is 1. The van der Waals surface area contributed by atoms with Gasteiger partial charge in [-0.1, -0.05) is 19.1 Å². The molecule has 2 aliphatic rings. The minimum Gasteiger partial charge on any atom is -0.486 e. The van der Waals surface area contributed by atoms with E-state index < -0.39 is 0 Å². The summed E-state index contributed by atoms with van der Waals surface area (Å²) in [6, 6.07) is 13.9. The van der Waals surface area contributed by atoms with E-state index in [-0.39, 0.29) is 43.3 Å². The van der Waals surface area contributed by atoms with Gasteiger partial charge in [-0.15, -0.1) is 0 Å². The molecule has 210 valence electrons. The zero-order valence-electron chi connectivity index (χ0n) is 22.9. The molecule has 3 heterocycles. The summed E-state index contributed by atoms with van der Waals surface area (Å²) in [6.45, 7) is 5.53. The molecule has 0 saturated heterocycles. The Morgan fingerprint density at radius 1 is 1.18 bits per heavy atom. The molecule has 0 aliphatic carbocycles. The summed E-state index contributed by atoms with van der Waals surface area (Å²) in [5, 5.41) is 12.8. The van der Waals surface area contributed by atoms with Crippen LogP contribution in [0.3, 0.4) is 0 Å². The van der Waals surface area contributed by atoms with Crippen molar-refractivity contribution in [2.75, 3.05) is 38.9 Å². The smallest absolute Gasteiger partial charge is 0.258 e. The van der Waals surface area contributed by atoms with Gasteiger partial charge < -0.3 is 29.5 Å². The maximum Gasteiger partial charge on any atom is 0.258 e. The van der Waals surface area contributed by atoms with E-state index in [1.165, 1.54) is 0 Å². The zero-order chi connectivity index (χ0) is 28.2. The van der Waals surface area contributed by atoms with Gasteiger partial charge in [0.25, 0.3) is 11.8 Å². The van der Waals surface area contributed by atoms with Gasteiger partial charge >= 0.3 is 0 Å². The van der Waals surface area contributed by atoms with Crippen LogP contribution in [0.5, 0.6) is 17.2 Å². The number of fused-ring (bicyclic) bond motifs is 2. The number of carbonyl (C=O) groups is 2. The predicted octanol–water partition coefficient (Wildman–Crippen LogP) is 3.41. The van der Waals surface area contributed by atoms with E-state index in [4.69, 9.17) is 14.2 Å². The quantitative estimate of drug-likeness (QED) is 0.442. The Morgan fingerprint density at radius 3 is 2.73 bits per heavy atom. The number of ether oxygens (including phenoxy) is 3. The van der Waals surface area contributed by atoms with Crippen molar-refractivity contribution in [3.8, 4) is 17.2 Å². The number of nitrogens with one attached hydrogen (secondary N) is 1. The molecule has 1 aromatic heterocycles. The molecule has 2 N–H and O–H groups in total. The summed E-state index contributed by atoms with van der Waals surface area (Å²) in [5.41, 5.74) is 2.25. The monoisotopic (exact) mass is 546 g/mol. The molecule has 0 bridgehead atoms. The van der Waals surface area contributed by atoms with Gasteiger partial charge in [0.05, 0.1) is 23.9 Å². The van der Waals surface area contributed by atoms with Crippen LogP contribution in [-0.2, 0) is 6.54 Å². The van der Waals surface area contributed by atoms with Crippen LogP contribution in [-0.4, -0.2) is 77.4 Å². The van der Waals surface area contributed by atoms with Crippen molar-refractivity contribution in [1.82, 2.24) is 14.8 Å². The van der Waals surface area contributed by atoms with E-state index in [2.05, 4.69) is 15.2 Å². The first-order valence-corrected chi connectivity index (χ1v) is 13.3. The van der Waals surface area contributed by atoms with Crippen LogP contribution < -0.4 is 19.5 Å². The first-order chi connectivity index (χ1) is 19.3. The molecule has 0 saturated carbocycles. The highest BCUT2D eigenvalue weighted by Crippen LogP contribution is 2.36. The van der Waals surface area contributed by atoms with Crippen molar-refractivity contribution in [2.24, 2.45) is 5.92 Å². The Bertz CT molecular complexity index is 1370. The Morgan fingerprint density at radius 2 is 1.95 bits per heavy atom. The molecule has 3 atom stereocenters. The lowest BCUT2D eigenvalue weighted by Crippen LogP contribution is -2.49. The standard InChI is InChI=1S/C30H34N4O6/c1-19-14-34(20(2)17-35)30(37)23-5-4-6-24(32-29(36)22-9-11-31-12-10-22)28(23)40-27(19)16-33(3)15-21-7-8-25-26(13-21)39-18-38-25/h4-13,19-20,27,35H,14-18H2,1-3H3,(H,32,36)/t19-,20-,27+/m1/s1. The molecule has 10 heteroatoms. The third-order valence-corrected chi connectivity index (χ3v) is 7.26. The highest BCUT2D eigenvalue weighted by Gasteiger charge is 2.34. The molecule has 0 spiro atoms. The topological polar surface area (TPSA) is 113 Å². The lowest BCUT2D eigenvalue weighted by Gasteiger charge is -2.38. The summed E-state index contributed by atoms with van der Waals surface area (Å²) in [4.78, 5) is 34.5. The fourth-order valence-electron chi connectivity index (χ4n) is 4.98. The van der Waals surface area contributed by atoms with Crippen molar-refractivity contribution in [3.05, 3.63) is 77.6 Å². The molecule has 40 heavy (non-hydrogen) atoms. The van der Waals surface area contributed by atoms with Crippen LogP contribution in [0.4, 0.5) is 5.69 Å². The molecule has 0 unspecified atom stereocenters. The number of benzene rings is 2. The molecule has 0 fully saturated rings. The van der Waals surface area contributed by atoms with Crippen molar-refractivity contribution in [3.63, 3.8) is 0 Å².